The maximum Gasteiger partial charge on any atom is 0.329 e. The SMILES string of the molecule is Cc1nc(CCCC(=O)NC2(C(=O)O)CCCCC2)cs1. The van der Waals surface area contributed by atoms with E-state index in [4.69, 9.17) is 0 Å². The molecule has 1 aromatic heterocycles. The van der Waals surface area contributed by atoms with Gasteiger partial charge >= 0.3 is 5.97 Å². The van der Waals surface area contributed by atoms with E-state index in [0.717, 1.165) is 36.4 Å². The molecular weight excluding hydrogens is 288 g/mol. The largest absolute Gasteiger partial charge is 0.480 e. The maximum atomic E-state index is 12.0. The molecule has 0 radical (unpaired) electrons. The third kappa shape index (κ3) is 4.27. The minimum atomic E-state index is -1.04. The number of thiazole rings is 1. The Kier molecular flexibility index (Phi) is 5.33. The summed E-state index contributed by atoms with van der Waals surface area (Å²) >= 11 is 1.61. The summed E-state index contributed by atoms with van der Waals surface area (Å²) in [5, 5.41) is 15.2. The van der Waals surface area contributed by atoms with Crippen molar-refractivity contribution in [3.8, 4) is 0 Å². The molecular formula is C15H22N2O3S. The summed E-state index contributed by atoms with van der Waals surface area (Å²) in [6, 6.07) is 0. The fourth-order valence-corrected chi connectivity index (χ4v) is 3.48. The molecule has 1 saturated carbocycles. The molecule has 1 fully saturated rings. The van der Waals surface area contributed by atoms with Gasteiger partial charge in [0.2, 0.25) is 5.91 Å². The van der Waals surface area contributed by atoms with Crippen molar-refractivity contribution < 1.29 is 14.7 Å². The van der Waals surface area contributed by atoms with Crippen molar-refractivity contribution in [1.82, 2.24) is 10.3 Å². The standard InChI is InChI=1S/C15H22N2O3S/c1-11-16-12(10-21-11)6-5-7-13(18)17-15(14(19)20)8-3-2-4-9-15/h10H,2-9H2,1H3,(H,17,18)(H,19,20). The summed E-state index contributed by atoms with van der Waals surface area (Å²) in [6.07, 6.45) is 5.68. The Bertz CT molecular complexity index is 507. The van der Waals surface area contributed by atoms with Gasteiger partial charge in [-0.25, -0.2) is 9.78 Å². The van der Waals surface area contributed by atoms with Crippen molar-refractivity contribution >= 4 is 23.2 Å². The monoisotopic (exact) mass is 310 g/mol. The number of nitrogens with zero attached hydrogens (tertiary/aromatic N) is 1. The second-order valence-corrected chi connectivity index (χ2v) is 6.77. The number of carbonyl (C=O) groups excluding carboxylic acids is 1. The average Bonchev–Trinajstić information content (AvgIpc) is 2.85. The summed E-state index contributed by atoms with van der Waals surface area (Å²) in [4.78, 5) is 27.9. The number of aliphatic carboxylic acids is 1. The van der Waals surface area contributed by atoms with Crippen molar-refractivity contribution in [3.63, 3.8) is 0 Å². The van der Waals surface area contributed by atoms with E-state index in [-0.39, 0.29) is 5.91 Å². The van der Waals surface area contributed by atoms with Crippen molar-refractivity contribution in [2.75, 3.05) is 0 Å². The van der Waals surface area contributed by atoms with Crippen molar-refractivity contribution in [3.05, 3.63) is 16.1 Å². The molecule has 0 atom stereocenters. The molecule has 2 rings (SSSR count). The van der Waals surface area contributed by atoms with Crippen LogP contribution in [0.15, 0.2) is 5.38 Å². The van der Waals surface area contributed by atoms with E-state index in [1.165, 1.54) is 0 Å². The number of rotatable bonds is 6. The minimum absolute atomic E-state index is 0.161. The number of carboxylic acid groups (broad SMARTS) is 1. The van der Waals surface area contributed by atoms with Crippen LogP contribution >= 0.6 is 11.3 Å². The van der Waals surface area contributed by atoms with Gasteiger partial charge in [-0.2, -0.15) is 0 Å². The van der Waals surface area contributed by atoms with Gasteiger partial charge in [-0.15, -0.1) is 11.3 Å². The van der Waals surface area contributed by atoms with Crippen LogP contribution in [0.5, 0.6) is 0 Å². The number of hydrogen-bond donors (Lipinski definition) is 2. The second-order valence-electron chi connectivity index (χ2n) is 5.71. The van der Waals surface area contributed by atoms with Crippen molar-refractivity contribution in [2.45, 2.75) is 63.8 Å². The van der Waals surface area contributed by atoms with E-state index in [0.29, 0.717) is 25.7 Å². The van der Waals surface area contributed by atoms with E-state index < -0.39 is 11.5 Å². The van der Waals surface area contributed by atoms with E-state index in [2.05, 4.69) is 10.3 Å². The van der Waals surface area contributed by atoms with Crippen LogP contribution in [0.2, 0.25) is 0 Å². The molecule has 6 heteroatoms. The van der Waals surface area contributed by atoms with Gasteiger partial charge < -0.3 is 10.4 Å². The number of aromatic nitrogens is 1. The zero-order valence-corrected chi connectivity index (χ0v) is 13.2. The molecule has 0 spiro atoms. The first kappa shape index (κ1) is 15.9. The molecule has 21 heavy (non-hydrogen) atoms. The molecule has 0 bridgehead atoms. The highest BCUT2D eigenvalue weighted by molar-refractivity contribution is 7.09. The Morgan fingerprint density at radius 1 is 1.38 bits per heavy atom. The number of hydrogen-bond acceptors (Lipinski definition) is 4. The highest BCUT2D eigenvalue weighted by atomic mass is 32.1. The van der Waals surface area contributed by atoms with Crippen LogP contribution in [0.1, 0.15) is 55.6 Å². The van der Waals surface area contributed by atoms with Gasteiger partial charge in [-0.05, 0) is 32.6 Å². The predicted molar refractivity (Wildman–Crippen MR) is 81.4 cm³/mol. The summed E-state index contributed by atoms with van der Waals surface area (Å²) in [7, 11) is 0. The van der Waals surface area contributed by atoms with Gasteiger partial charge in [-0.1, -0.05) is 19.3 Å². The molecule has 2 N–H and O–H groups in total. The molecule has 0 aromatic carbocycles. The predicted octanol–water partition coefficient (Wildman–Crippen LogP) is 2.68. The second kappa shape index (κ2) is 7.02. The number of carboxylic acids is 1. The fraction of sp³-hybridized carbons (Fsp3) is 0.667. The number of carbonyl (C=O) groups is 2. The van der Waals surface area contributed by atoms with E-state index in [1.807, 2.05) is 12.3 Å². The maximum absolute atomic E-state index is 12.0. The van der Waals surface area contributed by atoms with Gasteiger partial charge in [0.05, 0.1) is 10.7 Å². The summed E-state index contributed by atoms with van der Waals surface area (Å²) in [6.45, 7) is 1.96. The van der Waals surface area contributed by atoms with Gasteiger partial charge in [0.1, 0.15) is 5.54 Å². The van der Waals surface area contributed by atoms with Crippen molar-refractivity contribution in [1.29, 1.82) is 0 Å². The molecule has 116 valence electrons. The van der Waals surface area contributed by atoms with Crippen LogP contribution in [0, 0.1) is 6.92 Å². The Morgan fingerprint density at radius 2 is 2.10 bits per heavy atom. The highest BCUT2D eigenvalue weighted by Gasteiger charge is 2.40. The van der Waals surface area contributed by atoms with Gasteiger partial charge in [0.25, 0.3) is 0 Å². The van der Waals surface area contributed by atoms with Gasteiger partial charge in [0, 0.05) is 11.8 Å². The zero-order chi connectivity index (χ0) is 15.3. The lowest BCUT2D eigenvalue weighted by Crippen LogP contribution is -2.55. The lowest BCUT2D eigenvalue weighted by Gasteiger charge is -2.34. The van der Waals surface area contributed by atoms with E-state index >= 15 is 0 Å². The number of nitrogens with one attached hydrogen (secondary N) is 1. The Balaban J connectivity index is 1.81. The van der Waals surface area contributed by atoms with Crippen LogP contribution in [-0.2, 0) is 16.0 Å². The number of amides is 1. The minimum Gasteiger partial charge on any atom is -0.480 e. The first-order chi connectivity index (χ1) is 10.0. The molecule has 1 heterocycles. The van der Waals surface area contributed by atoms with Crippen LogP contribution < -0.4 is 5.32 Å². The quantitative estimate of drug-likeness (QED) is 0.846. The fourth-order valence-electron chi connectivity index (χ4n) is 2.83. The molecule has 1 amide bonds. The Morgan fingerprint density at radius 3 is 2.67 bits per heavy atom. The summed E-state index contributed by atoms with van der Waals surface area (Å²) in [5.41, 5.74) is -0.0251. The molecule has 0 unspecified atom stereocenters. The molecule has 1 aromatic rings. The first-order valence-corrected chi connectivity index (χ1v) is 8.35. The molecule has 1 aliphatic carbocycles. The Hall–Kier alpha value is -1.43. The zero-order valence-electron chi connectivity index (χ0n) is 12.4. The van der Waals surface area contributed by atoms with Gasteiger partial charge in [-0.3, -0.25) is 4.79 Å². The van der Waals surface area contributed by atoms with E-state index in [9.17, 15) is 14.7 Å². The average molecular weight is 310 g/mol. The molecule has 0 saturated heterocycles. The topological polar surface area (TPSA) is 79.3 Å². The van der Waals surface area contributed by atoms with Crippen LogP contribution in [0.3, 0.4) is 0 Å². The Labute approximate surface area is 128 Å². The van der Waals surface area contributed by atoms with E-state index in [1.54, 1.807) is 11.3 Å². The summed E-state index contributed by atoms with van der Waals surface area (Å²) in [5.74, 6) is -1.06. The third-order valence-corrected chi connectivity index (χ3v) is 4.82. The van der Waals surface area contributed by atoms with Crippen LogP contribution in [0.25, 0.3) is 0 Å². The summed E-state index contributed by atoms with van der Waals surface area (Å²) < 4.78 is 0. The first-order valence-electron chi connectivity index (χ1n) is 7.47. The highest BCUT2D eigenvalue weighted by Crippen LogP contribution is 2.28. The van der Waals surface area contributed by atoms with Crippen LogP contribution in [-0.4, -0.2) is 27.5 Å². The lowest BCUT2D eigenvalue weighted by atomic mass is 9.81. The molecule has 0 aliphatic heterocycles. The smallest absolute Gasteiger partial charge is 0.329 e. The van der Waals surface area contributed by atoms with Gasteiger partial charge in [0.15, 0.2) is 0 Å². The number of aryl methyl sites for hydroxylation is 2. The van der Waals surface area contributed by atoms with Crippen LogP contribution in [0.4, 0.5) is 0 Å². The normalized spacial score (nSPS) is 17.4. The lowest BCUT2D eigenvalue weighted by molar-refractivity contribution is -0.149. The third-order valence-electron chi connectivity index (χ3n) is 4.00. The molecule has 1 aliphatic rings. The molecule has 5 nitrogen and oxygen atoms in total. The van der Waals surface area contributed by atoms with Crippen molar-refractivity contribution in [2.24, 2.45) is 0 Å².